The van der Waals surface area contributed by atoms with E-state index >= 15 is 0 Å². The van der Waals surface area contributed by atoms with Crippen molar-refractivity contribution in [3.8, 4) is 5.75 Å². The van der Waals surface area contributed by atoms with Crippen LogP contribution >= 0.6 is 0 Å². The van der Waals surface area contributed by atoms with Crippen LogP contribution in [0, 0.1) is 0 Å². The molecule has 0 amide bonds. The zero-order valence-electron chi connectivity index (χ0n) is 11.4. The molecule has 0 heterocycles. The standard InChI is InChI=1S/C14H21NO3/c1-14(2,3)18-13(16)9-10-15-11-5-7-12(17-4)8-6-11/h5-8,15H,9-10H2,1-4H3. The average molecular weight is 251 g/mol. The van der Waals surface area contributed by atoms with Crippen LogP contribution in [0.15, 0.2) is 24.3 Å². The lowest BCUT2D eigenvalue weighted by Crippen LogP contribution is -2.25. The molecular weight excluding hydrogens is 230 g/mol. The van der Waals surface area contributed by atoms with Gasteiger partial charge >= 0.3 is 5.97 Å². The monoisotopic (exact) mass is 251 g/mol. The van der Waals surface area contributed by atoms with E-state index in [4.69, 9.17) is 9.47 Å². The smallest absolute Gasteiger partial charge is 0.308 e. The van der Waals surface area contributed by atoms with Gasteiger partial charge in [-0.2, -0.15) is 0 Å². The van der Waals surface area contributed by atoms with Gasteiger partial charge < -0.3 is 14.8 Å². The molecule has 0 atom stereocenters. The van der Waals surface area contributed by atoms with Gasteiger partial charge in [-0.3, -0.25) is 4.79 Å². The fourth-order valence-corrected chi connectivity index (χ4v) is 1.41. The number of nitrogens with one attached hydrogen (secondary N) is 1. The zero-order chi connectivity index (χ0) is 13.6. The fraction of sp³-hybridized carbons (Fsp3) is 0.500. The highest BCUT2D eigenvalue weighted by Crippen LogP contribution is 2.15. The summed E-state index contributed by atoms with van der Waals surface area (Å²) in [5.74, 6) is 0.621. The highest BCUT2D eigenvalue weighted by Gasteiger charge is 2.15. The van der Waals surface area contributed by atoms with Crippen LogP contribution in [0.1, 0.15) is 27.2 Å². The molecule has 0 aliphatic heterocycles. The Morgan fingerprint density at radius 1 is 1.22 bits per heavy atom. The summed E-state index contributed by atoms with van der Waals surface area (Å²) in [6.45, 7) is 6.15. The predicted octanol–water partition coefficient (Wildman–Crippen LogP) is 2.84. The van der Waals surface area contributed by atoms with E-state index in [1.54, 1.807) is 7.11 Å². The van der Waals surface area contributed by atoms with Crippen molar-refractivity contribution in [2.75, 3.05) is 19.0 Å². The molecule has 0 saturated carbocycles. The Morgan fingerprint density at radius 2 is 1.83 bits per heavy atom. The van der Waals surface area contributed by atoms with E-state index in [1.165, 1.54) is 0 Å². The molecule has 1 rings (SSSR count). The van der Waals surface area contributed by atoms with Gasteiger partial charge in [-0.1, -0.05) is 0 Å². The van der Waals surface area contributed by atoms with E-state index < -0.39 is 5.60 Å². The van der Waals surface area contributed by atoms with Crippen molar-refractivity contribution in [3.05, 3.63) is 24.3 Å². The van der Waals surface area contributed by atoms with Gasteiger partial charge in [-0.05, 0) is 45.0 Å². The van der Waals surface area contributed by atoms with Gasteiger partial charge in [0.15, 0.2) is 0 Å². The molecule has 0 aliphatic carbocycles. The molecule has 0 bridgehead atoms. The topological polar surface area (TPSA) is 47.6 Å². The summed E-state index contributed by atoms with van der Waals surface area (Å²) in [5.41, 5.74) is 0.538. The first-order chi connectivity index (χ1) is 8.40. The molecular formula is C14H21NO3. The maximum atomic E-state index is 11.5. The molecule has 0 aromatic heterocycles. The molecule has 0 aliphatic rings. The van der Waals surface area contributed by atoms with Crippen LogP contribution in [0.3, 0.4) is 0 Å². The number of hydrogen-bond acceptors (Lipinski definition) is 4. The lowest BCUT2D eigenvalue weighted by Gasteiger charge is -2.19. The largest absolute Gasteiger partial charge is 0.497 e. The summed E-state index contributed by atoms with van der Waals surface area (Å²) in [4.78, 5) is 11.5. The summed E-state index contributed by atoms with van der Waals surface area (Å²) in [5, 5.41) is 3.16. The Kier molecular flexibility index (Phi) is 5.01. The number of carbonyl (C=O) groups excluding carboxylic acids is 1. The summed E-state index contributed by atoms with van der Waals surface area (Å²) in [6, 6.07) is 7.56. The Balaban J connectivity index is 2.30. The van der Waals surface area contributed by atoms with Crippen molar-refractivity contribution < 1.29 is 14.3 Å². The van der Waals surface area contributed by atoms with Crippen molar-refractivity contribution in [2.24, 2.45) is 0 Å². The second-order valence-electron chi connectivity index (χ2n) is 4.99. The molecule has 1 aromatic carbocycles. The molecule has 4 nitrogen and oxygen atoms in total. The molecule has 0 radical (unpaired) electrons. The Labute approximate surface area is 108 Å². The third-order valence-electron chi connectivity index (χ3n) is 2.17. The Morgan fingerprint density at radius 3 is 2.33 bits per heavy atom. The van der Waals surface area contributed by atoms with E-state index in [9.17, 15) is 4.79 Å². The minimum absolute atomic E-state index is 0.191. The zero-order valence-corrected chi connectivity index (χ0v) is 11.4. The number of ether oxygens (including phenoxy) is 2. The predicted molar refractivity (Wildman–Crippen MR) is 71.9 cm³/mol. The number of anilines is 1. The van der Waals surface area contributed by atoms with Crippen LogP contribution in [0.25, 0.3) is 0 Å². The lowest BCUT2D eigenvalue weighted by molar-refractivity contribution is -0.154. The summed E-state index contributed by atoms with van der Waals surface area (Å²) >= 11 is 0. The second-order valence-corrected chi connectivity index (χ2v) is 4.99. The normalized spacial score (nSPS) is 10.9. The number of hydrogen-bond donors (Lipinski definition) is 1. The number of rotatable bonds is 5. The molecule has 0 saturated heterocycles. The SMILES string of the molecule is COc1ccc(NCCC(=O)OC(C)(C)C)cc1. The van der Waals surface area contributed by atoms with Gasteiger partial charge in [0.05, 0.1) is 13.5 Å². The molecule has 1 N–H and O–H groups in total. The van der Waals surface area contributed by atoms with Gasteiger partial charge in [0.1, 0.15) is 11.4 Å². The van der Waals surface area contributed by atoms with Crippen molar-refractivity contribution in [3.63, 3.8) is 0 Å². The summed E-state index contributed by atoms with van der Waals surface area (Å²) < 4.78 is 10.3. The van der Waals surface area contributed by atoms with Crippen LogP contribution in [0.2, 0.25) is 0 Å². The van der Waals surface area contributed by atoms with Crippen LogP contribution in [-0.4, -0.2) is 25.2 Å². The van der Waals surface area contributed by atoms with Crippen LogP contribution < -0.4 is 10.1 Å². The summed E-state index contributed by atoms with van der Waals surface area (Å²) in [6.07, 6.45) is 0.350. The highest BCUT2D eigenvalue weighted by atomic mass is 16.6. The minimum atomic E-state index is -0.419. The van der Waals surface area contributed by atoms with Crippen molar-refractivity contribution in [2.45, 2.75) is 32.8 Å². The number of carbonyl (C=O) groups is 1. The van der Waals surface area contributed by atoms with Gasteiger partial charge in [-0.15, -0.1) is 0 Å². The first-order valence-corrected chi connectivity index (χ1v) is 6.00. The first-order valence-electron chi connectivity index (χ1n) is 6.00. The Bertz CT molecular complexity index is 379. The fourth-order valence-electron chi connectivity index (χ4n) is 1.41. The minimum Gasteiger partial charge on any atom is -0.497 e. The molecule has 18 heavy (non-hydrogen) atoms. The molecule has 0 unspecified atom stereocenters. The lowest BCUT2D eigenvalue weighted by atomic mass is 10.2. The number of benzene rings is 1. The van der Waals surface area contributed by atoms with E-state index in [0.29, 0.717) is 13.0 Å². The first kappa shape index (κ1) is 14.4. The summed E-state index contributed by atoms with van der Waals surface area (Å²) in [7, 11) is 1.63. The molecule has 100 valence electrons. The highest BCUT2D eigenvalue weighted by molar-refractivity contribution is 5.70. The third kappa shape index (κ3) is 5.57. The van der Waals surface area contributed by atoms with Crippen LogP contribution in [-0.2, 0) is 9.53 Å². The molecule has 0 spiro atoms. The van der Waals surface area contributed by atoms with E-state index in [1.807, 2.05) is 45.0 Å². The molecule has 1 aromatic rings. The van der Waals surface area contributed by atoms with E-state index in [0.717, 1.165) is 11.4 Å². The van der Waals surface area contributed by atoms with E-state index in [-0.39, 0.29) is 5.97 Å². The van der Waals surface area contributed by atoms with Crippen molar-refractivity contribution in [1.82, 2.24) is 0 Å². The Hall–Kier alpha value is -1.71. The second kappa shape index (κ2) is 6.28. The third-order valence-corrected chi connectivity index (χ3v) is 2.17. The van der Waals surface area contributed by atoms with Crippen molar-refractivity contribution in [1.29, 1.82) is 0 Å². The number of esters is 1. The van der Waals surface area contributed by atoms with Gasteiger partial charge in [-0.25, -0.2) is 0 Å². The maximum Gasteiger partial charge on any atom is 0.308 e. The maximum absolute atomic E-state index is 11.5. The van der Waals surface area contributed by atoms with Crippen molar-refractivity contribution >= 4 is 11.7 Å². The quantitative estimate of drug-likeness (QED) is 0.817. The van der Waals surface area contributed by atoms with Gasteiger partial charge in [0.25, 0.3) is 0 Å². The van der Waals surface area contributed by atoms with Gasteiger partial charge in [0.2, 0.25) is 0 Å². The van der Waals surface area contributed by atoms with Crippen LogP contribution in [0.4, 0.5) is 5.69 Å². The van der Waals surface area contributed by atoms with Crippen LogP contribution in [0.5, 0.6) is 5.75 Å². The molecule has 4 heteroatoms. The number of methoxy groups -OCH3 is 1. The van der Waals surface area contributed by atoms with Gasteiger partial charge in [0, 0.05) is 12.2 Å². The average Bonchev–Trinajstić information content (AvgIpc) is 2.27. The molecule has 0 fully saturated rings. The van der Waals surface area contributed by atoms with E-state index in [2.05, 4.69) is 5.32 Å².